The monoisotopic (exact) mass is 356 g/mol. The van der Waals surface area contributed by atoms with E-state index in [4.69, 9.17) is 10.5 Å². The molecule has 2 N–H and O–H groups in total. The number of likely N-dealkylation sites (tertiary alicyclic amines) is 1. The summed E-state index contributed by atoms with van der Waals surface area (Å²) in [6.07, 6.45) is 1.38. The van der Waals surface area contributed by atoms with E-state index in [1.807, 2.05) is 6.07 Å². The highest BCUT2D eigenvalue weighted by Crippen LogP contribution is 2.20. The zero-order valence-corrected chi connectivity index (χ0v) is 14.4. The standard InChI is InChI=1S/C18H20N4O4/c1-26-18(25)12-6-5-9-21(11-12)17(24)14-10-15(16(19)23)22(20-14)13-7-3-2-4-8-13/h2-4,7-8,10,12H,5-6,9,11H2,1H3,(H2,19,23). The van der Waals surface area contributed by atoms with Gasteiger partial charge in [-0.1, -0.05) is 18.2 Å². The molecule has 0 bridgehead atoms. The minimum Gasteiger partial charge on any atom is -0.469 e. The number of amides is 2. The van der Waals surface area contributed by atoms with Crippen molar-refractivity contribution in [1.29, 1.82) is 0 Å². The summed E-state index contributed by atoms with van der Waals surface area (Å²) >= 11 is 0. The third kappa shape index (κ3) is 3.44. The first kappa shape index (κ1) is 17.7. The number of ether oxygens (including phenoxy) is 1. The van der Waals surface area contributed by atoms with Crippen molar-refractivity contribution in [2.24, 2.45) is 11.7 Å². The lowest BCUT2D eigenvalue weighted by molar-refractivity contribution is -0.146. The number of primary amides is 1. The number of rotatable bonds is 4. The van der Waals surface area contributed by atoms with E-state index in [0.717, 1.165) is 0 Å². The first-order valence-corrected chi connectivity index (χ1v) is 8.33. The Morgan fingerprint density at radius 2 is 1.96 bits per heavy atom. The van der Waals surface area contributed by atoms with Crippen LogP contribution in [0.1, 0.15) is 33.8 Å². The van der Waals surface area contributed by atoms with Gasteiger partial charge in [-0.15, -0.1) is 0 Å². The van der Waals surface area contributed by atoms with Crippen LogP contribution in [0.2, 0.25) is 0 Å². The zero-order valence-electron chi connectivity index (χ0n) is 14.4. The van der Waals surface area contributed by atoms with Crippen LogP contribution in [-0.2, 0) is 9.53 Å². The van der Waals surface area contributed by atoms with Crippen LogP contribution in [0.3, 0.4) is 0 Å². The summed E-state index contributed by atoms with van der Waals surface area (Å²) in [7, 11) is 1.34. The number of hydrogen-bond donors (Lipinski definition) is 1. The Kier molecular flexibility index (Phi) is 5.01. The molecular formula is C18H20N4O4. The fourth-order valence-electron chi connectivity index (χ4n) is 3.11. The molecule has 26 heavy (non-hydrogen) atoms. The summed E-state index contributed by atoms with van der Waals surface area (Å²) in [5.74, 6) is -1.68. The van der Waals surface area contributed by atoms with Gasteiger partial charge < -0.3 is 15.4 Å². The average Bonchev–Trinajstić information content (AvgIpc) is 3.13. The molecule has 8 heteroatoms. The maximum atomic E-state index is 12.8. The van der Waals surface area contributed by atoms with Gasteiger partial charge in [0.15, 0.2) is 5.69 Å². The minimum absolute atomic E-state index is 0.119. The summed E-state index contributed by atoms with van der Waals surface area (Å²) in [6, 6.07) is 10.4. The number of methoxy groups -OCH3 is 1. The molecule has 0 saturated carbocycles. The van der Waals surface area contributed by atoms with Gasteiger partial charge in [0.1, 0.15) is 5.69 Å². The summed E-state index contributed by atoms with van der Waals surface area (Å²) in [5.41, 5.74) is 6.31. The minimum atomic E-state index is -0.675. The Morgan fingerprint density at radius 1 is 1.23 bits per heavy atom. The topological polar surface area (TPSA) is 108 Å². The fourth-order valence-corrected chi connectivity index (χ4v) is 3.11. The van der Waals surface area contributed by atoms with Crippen LogP contribution in [0.5, 0.6) is 0 Å². The van der Waals surface area contributed by atoms with Crippen LogP contribution in [-0.4, -0.2) is 52.7 Å². The molecule has 8 nitrogen and oxygen atoms in total. The van der Waals surface area contributed by atoms with Crippen LogP contribution in [0.4, 0.5) is 0 Å². The lowest BCUT2D eigenvalue weighted by Crippen LogP contribution is -2.42. The molecular weight excluding hydrogens is 336 g/mol. The molecule has 0 aliphatic carbocycles. The fraction of sp³-hybridized carbons (Fsp3) is 0.333. The van der Waals surface area contributed by atoms with Gasteiger partial charge in [0, 0.05) is 19.2 Å². The number of carbonyl (C=O) groups is 3. The first-order valence-electron chi connectivity index (χ1n) is 8.33. The van der Waals surface area contributed by atoms with Crippen LogP contribution in [0.15, 0.2) is 36.4 Å². The van der Waals surface area contributed by atoms with Crippen LogP contribution in [0.25, 0.3) is 5.69 Å². The Hall–Kier alpha value is -3.16. The van der Waals surface area contributed by atoms with Crippen molar-refractivity contribution in [2.45, 2.75) is 12.8 Å². The van der Waals surface area contributed by atoms with Crippen LogP contribution in [0, 0.1) is 5.92 Å². The first-order chi connectivity index (χ1) is 12.5. The van der Waals surface area contributed by atoms with Crippen molar-refractivity contribution < 1.29 is 19.1 Å². The number of para-hydroxylation sites is 1. The smallest absolute Gasteiger partial charge is 0.310 e. The molecule has 2 aromatic rings. The molecule has 1 saturated heterocycles. The van der Waals surface area contributed by atoms with Crippen molar-refractivity contribution in [3.63, 3.8) is 0 Å². The van der Waals surface area contributed by atoms with E-state index >= 15 is 0 Å². The van der Waals surface area contributed by atoms with Gasteiger partial charge >= 0.3 is 5.97 Å². The molecule has 136 valence electrons. The number of carbonyl (C=O) groups excluding carboxylic acids is 3. The highest BCUT2D eigenvalue weighted by atomic mass is 16.5. The van der Waals surface area contributed by atoms with E-state index in [-0.39, 0.29) is 35.7 Å². The second-order valence-corrected chi connectivity index (χ2v) is 6.14. The van der Waals surface area contributed by atoms with Gasteiger partial charge in [0.25, 0.3) is 11.8 Å². The SMILES string of the molecule is COC(=O)C1CCCN(C(=O)c2cc(C(N)=O)n(-c3ccccc3)n2)C1. The number of nitrogens with zero attached hydrogens (tertiary/aromatic N) is 3. The van der Waals surface area contributed by atoms with Crippen LogP contribution >= 0.6 is 0 Å². The number of aromatic nitrogens is 2. The van der Waals surface area contributed by atoms with Crippen molar-refractivity contribution in [3.05, 3.63) is 47.8 Å². The highest BCUT2D eigenvalue weighted by Gasteiger charge is 2.31. The number of benzene rings is 1. The summed E-state index contributed by atoms with van der Waals surface area (Å²) in [6.45, 7) is 0.798. The maximum absolute atomic E-state index is 12.8. The highest BCUT2D eigenvalue weighted by molar-refractivity contribution is 5.98. The maximum Gasteiger partial charge on any atom is 0.310 e. The quantitative estimate of drug-likeness (QED) is 0.822. The molecule has 1 aliphatic heterocycles. The number of nitrogens with two attached hydrogens (primary N) is 1. The number of hydrogen-bond acceptors (Lipinski definition) is 5. The van der Waals surface area contributed by atoms with E-state index in [1.54, 1.807) is 29.2 Å². The molecule has 1 aromatic carbocycles. The van der Waals surface area contributed by atoms with E-state index < -0.39 is 5.91 Å². The van der Waals surface area contributed by atoms with E-state index in [0.29, 0.717) is 25.1 Å². The van der Waals surface area contributed by atoms with E-state index in [2.05, 4.69) is 5.10 Å². The Morgan fingerprint density at radius 3 is 2.62 bits per heavy atom. The Labute approximate surface area is 150 Å². The average molecular weight is 356 g/mol. The lowest BCUT2D eigenvalue weighted by atomic mass is 9.98. The van der Waals surface area contributed by atoms with Crippen molar-refractivity contribution in [3.8, 4) is 5.69 Å². The lowest BCUT2D eigenvalue weighted by Gasteiger charge is -2.30. The third-order valence-corrected chi connectivity index (χ3v) is 4.42. The molecule has 0 radical (unpaired) electrons. The van der Waals surface area contributed by atoms with E-state index in [9.17, 15) is 14.4 Å². The molecule has 1 aromatic heterocycles. The zero-order chi connectivity index (χ0) is 18.7. The van der Waals surface area contributed by atoms with Crippen molar-refractivity contribution in [2.75, 3.05) is 20.2 Å². The Balaban J connectivity index is 1.88. The summed E-state index contributed by atoms with van der Waals surface area (Å²) in [5, 5.41) is 4.28. The van der Waals surface area contributed by atoms with Crippen molar-refractivity contribution in [1.82, 2.24) is 14.7 Å². The molecule has 2 heterocycles. The van der Waals surface area contributed by atoms with Crippen LogP contribution < -0.4 is 5.73 Å². The second kappa shape index (κ2) is 7.38. The summed E-state index contributed by atoms with van der Waals surface area (Å²) in [4.78, 5) is 37.9. The molecule has 1 unspecified atom stereocenters. The van der Waals surface area contributed by atoms with E-state index in [1.165, 1.54) is 17.9 Å². The van der Waals surface area contributed by atoms with Gasteiger partial charge in [-0.2, -0.15) is 5.10 Å². The molecule has 1 aliphatic rings. The second-order valence-electron chi connectivity index (χ2n) is 6.14. The largest absolute Gasteiger partial charge is 0.469 e. The van der Waals surface area contributed by atoms with Gasteiger partial charge in [-0.3, -0.25) is 14.4 Å². The molecule has 3 rings (SSSR count). The molecule has 1 atom stereocenters. The van der Waals surface area contributed by atoms with Gasteiger partial charge in [0.2, 0.25) is 0 Å². The predicted molar refractivity (Wildman–Crippen MR) is 92.7 cm³/mol. The van der Waals surface area contributed by atoms with Crippen molar-refractivity contribution >= 4 is 17.8 Å². The third-order valence-electron chi connectivity index (χ3n) is 4.42. The number of piperidine rings is 1. The van der Waals surface area contributed by atoms with Gasteiger partial charge in [-0.25, -0.2) is 4.68 Å². The Bertz CT molecular complexity index is 831. The normalized spacial score (nSPS) is 17.0. The van der Waals surface area contributed by atoms with Gasteiger partial charge in [0.05, 0.1) is 18.7 Å². The molecule has 1 fully saturated rings. The van der Waals surface area contributed by atoms with Gasteiger partial charge in [-0.05, 0) is 25.0 Å². The molecule has 0 spiro atoms. The number of esters is 1. The molecule has 2 amide bonds. The summed E-state index contributed by atoms with van der Waals surface area (Å²) < 4.78 is 6.14. The predicted octanol–water partition coefficient (Wildman–Crippen LogP) is 0.996.